The molecule has 0 N–H and O–H groups in total. The number of rotatable bonds is 4. The van der Waals surface area contributed by atoms with Crippen molar-refractivity contribution in [1.82, 2.24) is 14.6 Å². The molecule has 4 aromatic rings. The Hall–Kier alpha value is -2.90. The van der Waals surface area contributed by atoms with E-state index in [0.29, 0.717) is 22.6 Å². The normalized spacial score (nSPS) is 11.9. The van der Waals surface area contributed by atoms with Crippen LogP contribution < -0.4 is 0 Å². The molecule has 0 bridgehead atoms. The van der Waals surface area contributed by atoms with Crippen LogP contribution in [-0.4, -0.2) is 21.7 Å². The Morgan fingerprint density at radius 1 is 1.03 bits per heavy atom. The largest absolute Gasteiger partial charge is 0.416 e. The van der Waals surface area contributed by atoms with E-state index in [1.54, 1.807) is 13.2 Å². The van der Waals surface area contributed by atoms with Gasteiger partial charge in [0, 0.05) is 18.7 Å². The van der Waals surface area contributed by atoms with Crippen molar-refractivity contribution in [3.05, 3.63) is 76.6 Å². The van der Waals surface area contributed by atoms with Crippen LogP contribution in [0.2, 0.25) is 5.15 Å². The van der Waals surface area contributed by atoms with Gasteiger partial charge >= 0.3 is 6.18 Å². The van der Waals surface area contributed by atoms with Gasteiger partial charge in [-0.1, -0.05) is 53.6 Å². The van der Waals surface area contributed by atoms with E-state index in [-0.39, 0.29) is 11.8 Å². The van der Waals surface area contributed by atoms with Gasteiger partial charge in [-0.3, -0.25) is 0 Å². The Bertz CT molecular complexity index is 1220. The number of hydrogen-bond donors (Lipinski definition) is 0. The number of alkyl halides is 3. The highest BCUT2D eigenvalue weighted by atomic mass is 35.5. The Balaban J connectivity index is 1.99. The van der Waals surface area contributed by atoms with Gasteiger partial charge in [0.05, 0.1) is 29.1 Å². The zero-order valence-electron chi connectivity index (χ0n) is 16.2. The first-order valence-electron chi connectivity index (χ1n) is 9.09. The summed E-state index contributed by atoms with van der Waals surface area (Å²) in [6.45, 7) is 2.20. The third-order valence-electron chi connectivity index (χ3n) is 4.74. The minimum atomic E-state index is -4.45. The van der Waals surface area contributed by atoms with Gasteiger partial charge in [-0.25, -0.2) is 9.50 Å². The van der Waals surface area contributed by atoms with Gasteiger partial charge in [0.1, 0.15) is 5.15 Å². The van der Waals surface area contributed by atoms with Gasteiger partial charge in [0.15, 0.2) is 5.65 Å². The van der Waals surface area contributed by atoms with Gasteiger partial charge in [-0.2, -0.15) is 18.3 Å². The molecule has 2 heterocycles. The van der Waals surface area contributed by atoms with Gasteiger partial charge in [0.25, 0.3) is 0 Å². The number of nitrogens with zero attached hydrogens (tertiary/aromatic N) is 3. The molecule has 4 rings (SSSR count). The molecular weight excluding hydrogens is 415 g/mol. The van der Waals surface area contributed by atoms with Gasteiger partial charge in [-0.15, -0.1) is 0 Å². The summed E-state index contributed by atoms with van der Waals surface area (Å²) in [6.07, 6.45) is -4.45. The molecule has 0 aliphatic carbocycles. The zero-order valence-corrected chi connectivity index (χ0v) is 16.9. The Morgan fingerprint density at radius 3 is 2.43 bits per heavy atom. The first-order chi connectivity index (χ1) is 14.3. The maximum absolute atomic E-state index is 13.2. The Morgan fingerprint density at radius 2 is 1.77 bits per heavy atom. The number of aromatic nitrogens is 3. The van der Waals surface area contributed by atoms with Crippen molar-refractivity contribution in [3.8, 4) is 22.4 Å². The van der Waals surface area contributed by atoms with E-state index in [0.717, 1.165) is 28.8 Å². The summed E-state index contributed by atoms with van der Waals surface area (Å²) in [5.41, 5.74) is 3.76. The van der Waals surface area contributed by atoms with Crippen molar-refractivity contribution in [2.45, 2.75) is 19.7 Å². The van der Waals surface area contributed by atoms with E-state index < -0.39 is 11.7 Å². The summed E-state index contributed by atoms with van der Waals surface area (Å²) in [6, 6.07) is 14.4. The van der Waals surface area contributed by atoms with Crippen LogP contribution in [0.4, 0.5) is 13.2 Å². The number of methoxy groups -OCH3 is 1. The van der Waals surface area contributed by atoms with E-state index in [4.69, 9.17) is 16.3 Å². The number of benzene rings is 2. The van der Waals surface area contributed by atoms with Crippen LogP contribution in [0.1, 0.15) is 16.8 Å². The van der Waals surface area contributed by atoms with Crippen molar-refractivity contribution >= 4 is 17.2 Å². The van der Waals surface area contributed by atoms with E-state index >= 15 is 0 Å². The molecule has 154 valence electrons. The lowest BCUT2D eigenvalue weighted by Crippen LogP contribution is -2.05. The van der Waals surface area contributed by atoms with E-state index in [1.165, 1.54) is 16.6 Å². The van der Waals surface area contributed by atoms with Gasteiger partial charge < -0.3 is 4.74 Å². The standard InChI is InChI=1S/C22H17ClF3N3O/c1-13-6-8-14(9-7-13)20-17(12-30-2)28-29-18(11-19(23)27-21(20)29)15-4-3-5-16(10-15)22(24,25)26/h3-11H,12H2,1-2H3. The van der Waals surface area contributed by atoms with Crippen LogP contribution in [0.3, 0.4) is 0 Å². The third-order valence-corrected chi connectivity index (χ3v) is 4.93. The predicted octanol–water partition coefficient (Wildman–Crippen LogP) is 6.19. The van der Waals surface area contributed by atoms with Crippen molar-refractivity contribution in [2.75, 3.05) is 7.11 Å². The average Bonchev–Trinajstić information content (AvgIpc) is 3.05. The van der Waals surface area contributed by atoms with Crippen molar-refractivity contribution in [2.24, 2.45) is 0 Å². The highest BCUT2D eigenvalue weighted by molar-refractivity contribution is 6.29. The topological polar surface area (TPSA) is 39.4 Å². The summed E-state index contributed by atoms with van der Waals surface area (Å²) in [4.78, 5) is 4.42. The van der Waals surface area contributed by atoms with E-state index in [9.17, 15) is 13.2 Å². The molecule has 0 radical (unpaired) electrons. The van der Waals surface area contributed by atoms with Crippen LogP contribution in [0.25, 0.3) is 28.0 Å². The van der Waals surface area contributed by atoms with Crippen LogP contribution in [-0.2, 0) is 17.5 Å². The SMILES string of the molecule is COCc1nn2c(-c3cccc(C(F)(F)F)c3)cc(Cl)nc2c1-c1ccc(C)cc1. The van der Waals surface area contributed by atoms with Crippen LogP contribution >= 0.6 is 11.6 Å². The fraction of sp³-hybridized carbons (Fsp3) is 0.182. The second-order valence-corrected chi connectivity index (χ2v) is 7.29. The van der Waals surface area contributed by atoms with E-state index in [2.05, 4.69) is 10.1 Å². The number of hydrogen-bond acceptors (Lipinski definition) is 3. The summed E-state index contributed by atoms with van der Waals surface area (Å²) in [5, 5.41) is 4.76. The van der Waals surface area contributed by atoms with Gasteiger partial charge in [0.2, 0.25) is 0 Å². The molecule has 0 spiro atoms. The highest BCUT2D eigenvalue weighted by Gasteiger charge is 2.31. The van der Waals surface area contributed by atoms with Crippen LogP contribution in [0, 0.1) is 6.92 Å². The molecule has 0 atom stereocenters. The Kier molecular flexibility index (Phi) is 5.26. The maximum atomic E-state index is 13.2. The molecule has 0 amide bonds. The molecule has 0 aliphatic heterocycles. The van der Waals surface area contributed by atoms with Gasteiger partial charge in [-0.05, 0) is 24.6 Å². The lowest BCUT2D eigenvalue weighted by molar-refractivity contribution is -0.137. The summed E-state index contributed by atoms with van der Waals surface area (Å²) in [5.74, 6) is 0. The van der Waals surface area contributed by atoms with Crippen LogP contribution in [0.15, 0.2) is 54.6 Å². The Labute approximate surface area is 175 Å². The monoisotopic (exact) mass is 431 g/mol. The lowest BCUT2D eigenvalue weighted by Gasteiger charge is -2.10. The predicted molar refractivity (Wildman–Crippen MR) is 109 cm³/mol. The molecule has 4 nitrogen and oxygen atoms in total. The van der Waals surface area contributed by atoms with Crippen molar-refractivity contribution in [1.29, 1.82) is 0 Å². The minimum absolute atomic E-state index is 0.159. The smallest absolute Gasteiger partial charge is 0.378 e. The molecule has 8 heteroatoms. The molecule has 0 aliphatic rings. The molecule has 2 aromatic carbocycles. The van der Waals surface area contributed by atoms with E-state index in [1.807, 2.05) is 31.2 Å². The number of aryl methyl sites for hydroxylation is 1. The third kappa shape index (κ3) is 3.78. The summed E-state index contributed by atoms with van der Waals surface area (Å²) in [7, 11) is 1.55. The quantitative estimate of drug-likeness (QED) is 0.362. The molecule has 0 fully saturated rings. The fourth-order valence-electron chi connectivity index (χ4n) is 3.35. The zero-order chi connectivity index (χ0) is 21.5. The van der Waals surface area contributed by atoms with Crippen molar-refractivity contribution < 1.29 is 17.9 Å². The molecule has 0 saturated carbocycles. The molecule has 0 saturated heterocycles. The van der Waals surface area contributed by atoms with Crippen LogP contribution in [0.5, 0.6) is 0 Å². The first-order valence-corrected chi connectivity index (χ1v) is 9.47. The molecular formula is C22H17ClF3N3O. The summed E-state index contributed by atoms with van der Waals surface area (Å²) >= 11 is 6.27. The maximum Gasteiger partial charge on any atom is 0.416 e. The van der Waals surface area contributed by atoms with Crippen molar-refractivity contribution in [3.63, 3.8) is 0 Å². The fourth-order valence-corrected chi connectivity index (χ4v) is 3.53. The number of halogens is 4. The number of ether oxygens (including phenoxy) is 1. The average molecular weight is 432 g/mol. The molecule has 0 unspecified atom stereocenters. The molecule has 30 heavy (non-hydrogen) atoms. The summed E-state index contributed by atoms with van der Waals surface area (Å²) < 4.78 is 46.5. The highest BCUT2D eigenvalue weighted by Crippen LogP contribution is 2.35. The first kappa shape index (κ1) is 20.4. The minimum Gasteiger partial charge on any atom is -0.378 e. The second-order valence-electron chi connectivity index (χ2n) is 6.90. The second kappa shape index (κ2) is 7.74. The lowest BCUT2D eigenvalue weighted by atomic mass is 10.0. The molecule has 2 aromatic heterocycles. The number of fused-ring (bicyclic) bond motifs is 1.